The van der Waals surface area contributed by atoms with E-state index in [1.807, 2.05) is 18.2 Å². The minimum atomic E-state index is 0.678. The summed E-state index contributed by atoms with van der Waals surface area (Å²) in [6.45, 7) is 0. The average Bonchev–Trinajstić information content (AvgIpc) is 2.78. The highest BCUT2D eigenvalue weighted by atomic mass is 127. The van der Waals surface area contributed by atoms with E-state index in [1.165, 1.54) is 24.0 Å². The topological polar surface area (TPSA) is 22.1 Å². The molecule has 3 heteroatoms. The highest BCUT2D eigenvalue weighted by Gasteiger charge is 2.15. The molecule has 1 aliphatic carbocycles. The molecular weight excluding hydrogens is 325 g/mol. The van der Waals surface area contributed by atoms with Gasteiger partial charge in [0.25, 0.3) is 0 Å². The molecule has 0 amide bonds. The number of nitrogens with zero attached hydrogens (tertiary/aromatic N) is 1. The second-order valence-corrected chi connectivity index (χ2v) is 5.41. The first kappa shape index (κ1) is 11.0. The van der Waals surface area contributed by atoms with Crippen molar-refractivity contribution in [3.05, 3.63) is 51.2 Å². The second kappa shape index (κ2) is 4.64. The number of aromatic nitrogens is 1. The number of rotatable bonds is 2. The molecule has 2 aromatic rings. The standard InChI is InChI=1S/C14H12INO/c15-11-7-8-16-14(9-11)17-13-6-2-4-10-3-1-5-12(10)13/h2,4,6-9H,1,3,5H2. The molecule has 2 nitrogen and oxygen atoms in total. The molecule has 3 rings (SSSR count). The molecule has 0 unspecified atom stereocenters. The maximum Gasteiger partial charge on any atom is 0.220 e. The summed E-state index contributed by atoms with van der Waals surface area (Å²) in [6.07, 6.45) is 5.30. The monoisotopic (exact) mass is 337 g/mol. The Bertz CT molecular complexity index is 554. The van der Waals surface area contributed by atoms with Crippen LogP contribution in [0.5, 0.6) is 11.6 Å². The number of hydrogen-bond donors (Lipinski definition) is 0. The van der Waals surface area contributed by atoms with Gasteiger partial charge in [0.05, 0.1) is 0 Å². The molecule has 0 bridgehead atoms. The van der Waals surface area contributed by atoms with Crippen LogP contribution in [0.1, 0.15) is 17.5 Å². The van der Waals surface area contributed by atoms with E-state index in [0.29, 0.717) is 5.88 Å². The Morgan fingerprint density at radius 2 is 2.12 bits per heavy atom. The van der Waals surface area contributed by atoms with E-state index in [2.05, 4.69) is 39.7 Å². The summed E-state index contributed by atoms with van der Waals surface area (Å²) in [7, 11) is 0. The van der Waals surface area contributed by atoms with E-state index >= 15 is 0 Å². The predicted octanol–water partition coefficient (Wildman–Crippen LogP) is 3.97. The normalized spacial score (nSPS) is 13.5. The summed E-state index contributed by atoms with van der Waals surface area (Å²) in [5, 5.41) is 0. The number of ether oxygens (including phenoxy) is 1. The van der Waals surface area contributed by atoms with Crippen molar-refractivity contribution >= 4 is 22.6 Å². The lowest BCUT2D eigenvalue weighted by Crippen LogP contribution is -1.92. The van der Waals surface area contributed by atoms with Gasteiger partial charge in [0.1, 0.15) is 5.75 Å². The van der Waals surface area contributed by atoms with Crippen LogP contribution < -0.4 is 4.74 Å². The number of aryl methyl sites for hydroxylation is 1. The molecule has 0 fully saturated rings. The van der Waals surface area contributed by atoms with Crippen molar-refractivity contribution in [2.24, 2.45) is 0 Å². The van der Waals surface area contributed by atoms with Gasteiger partial charge in [0, 0.05) is 15.8 Å². The van der Waals surface area contributed by atoms with Crippen molar-refractivity contribution in [3.63, 3.8) is 0 Å². The fourth-order valence-electron chi connectivity index (χ4n) is 2.23. The fraction of sp³-hybridized carbons (Fsp3) is 0.214. The fourth-order valence-corrected chi connectivity index (χ4v) is 2.66. The summed E-state index contributed by atoms with van der Waals surface area (Å²) in [5.41, 5.74) is 2.78. The zero-order valence-electron chi connectivity index (χ0n) is 9.32. The summed E-state index contributed by atoms with van der Waals surface area (Å²) >= 11 is 2.27. The van der Waals surface area contributed by atoms with Crippen LogP contribution in [0.4, 0.5) is 0 Å². The SMILES string of the molecule is Ic1ccnc(Oc2cccc3c2CCC3)c1. The zero-order chi connectivity index (χ0) is 11.7. The van der Waals surface area contributed by atoms with Crippen LogP contribution in [0.2, 0.25) is 0 Å². The van der Waals surface area contributed by atoms with Gasteiger partial charge in [-0.2, -0.15) is 0 Å². The first-order valence-electron chi connectivity index (χ1n) is 5.73. The molecule has 0 aliphatic heterocycles. The Morgan fingerprint density at radius 3 is 3.00 bits per heavy atom. The lowest BCUT2D eigenvalue weighted by molar-refractivity contribution is 0.457. The van der Waals surface area contributed by atoms with Crippen LogP contribution in [0.15, 0.2) is 36.5 Å². The van der Waals surface area contributed by atoms with E-state index in [0.717, 1.165) is 15.7 Å². The minimum absolute atomic E-state index is 0.678. The van der Waals surface area contributed by atoms with Gasteiger partial charge in [-0.05, 0) is 65.1 Å². The molecule has 0 radical (unpaired) electrons. The lowest BCUT2D eigenvalue weighted by Gasteiger charge is -2.09. The zero-order valence-corrected chi connectivity index (χ0v) is 11.5. The number of fused-ring (bicyclic) bond motifs is 1. The average molecular weight is 337 g/mol. The van der Waals surface area contributed by atoms with Crippen molar-refractivity contribution in [3.8, 4) is 11.6 Å². The first-order chi connectivity index (χ1) is 8.33. The third kappa shape index (κ3) is 2.29. The molecule has 1 heterocycles. The maximum absolute atomic E-state index is 5.89. The van der Waals surface area contributed by atoms with Gasteiger partial charge in [-0.15, -0.1) is 0 Å². The third-order valence-electron chi connectivity index (χ3n) is 3.01. The van der Waals surface area contributed by atoms with Crippen LogP contribution in [-0.4, -0.2) is 4.98 Å². The first-order valence-corrected chi connectivity index (χ1v) is 6.81. The molecule has 0 atom stereocenters. The smallest absolute Gasteiger partial charge is 0.220 e. The summed E-state index contributed by atoms with van der Waals surface area (Å²) in [5.74, 6) is 1.65. The van der Waals surface area contributed by atoms with Gasteiger partial charge in [0.2, 0.25) is 5.88 Å². The largest absolute Gasteiger partial charge is 0.439 e. The summed E-state index contributed by atoms with van der Waals surface area (Å²) in [6, 6.07) is 10.2. The Morgan fingerprint density at radius 1 is 1.18 bits per heavy atom. The van der Waals surface area contributed by atoms with Crippen LogP contribution in [0, 0.1) is 3.57 Å². The predicted molar refractivity (Wildman–Crippen MR) is 75.5 cm³/mol. The molecule has 1 aliphatic rings. The maximum atomic E-state index is 5.89. The van der Waals surface area contributed by atoms with Crippen LogP contribution >= 0.6 is 22.6 Å². The molecular formula is C14H12INO. The van der Waals surface area contributed by atoms with E-state index in [-0.39, 0.29) is 0 Å². The summed E-state index contributed by atoms with van der Waals surface area (Å²) < 4.78 is 7.03. The molecule has 0 saturated carbocycles. The van der Waals surface area contributed by atoms with E-state index in [1.54, 1.807) is 6.20 Å². The van der Waals surface area contributed by atoms with Crippen LogP contribution in [-0.2, 0) is 12.8 Å². The number of halogens is 1. The van der Waals surface area contributed by atoms with Crippen LogP contribution in [0.3, 0.4) is 0 Å². The Kier molecular flexibility index (Phi) is 3.01. The second-order valence-electron chi connectivity index (χ2n) is 4.16. The number of hydrogen-bond acceptors (Lipinski definition) is 2. The molecule has 0 spiro atoms. The Balaban J connectivity index is 1.93. The Labute approximate surface area is 114 Å². The quantitative estimate of drug-likeness (QED) is 0.774. The van der Waals surface area contributed by atoms with Gasteiger partial charge in [0.15, 0.2) is 0 Å². The highest BCUT2D eigenvalue weighted by Crippen LogP contribution is 2.32. The molecule has 1 aromatic carbocycles. The lowest BCUT2D eigenvalue weighted by atomic mass is 10.1. The summed E-state index contributed by atoms with van der Waals surface area (Å²) in [4.78, 5) is 4.23. The van der Waals surface area contributed by atoms with Gasteiger partial charge < -0.3 is 4.74 Å². The van der Waals surface area contributed by atoms with E-state index in [9.17, 15) is 0 Å². The molecule has 17 heavy (non-hydrogen) atoms. The Hall–Kier alpha value is -1.10. The van der Waals surface area contributed by atoms with Crippen molar-refractivity contribution < 1.29 is 4.74 Å². The number of pyridine rings is 1. The van der Waals surface area contributed by atoms with Gasteiger partial charge in [-0.3, -0.25) is 0 Å². The van der Waals surface area contributed by atoms with Crippen molar-refractivity contribution in [2.45, 2.75) is 19.3 Å². The van der Waals surface area contributed by atoms with Crippen molar-refractivity contribution in [1.29, 1.82) is 0 Å². The van der Waals surface area contributed by atoms with E-state index in [4.69, 9.17) is 4.74 Å². The van der Waals surface area contributed by atoms with Gasteiger partial charge >= 0.3 is 0 Å². The third-order valence-corrected chi connectivity index (χ3v) is 3.69. The minimum Gasteiger partial charge on any atom is -0.439 e. The van der Waals surface area contributed by atoms with Crippen LogP contribution in [0.25, 0.3) is 0 Å². The van der Waals surface area contributed by atoms with Crippen molar-refractivity contribution in [1.82, 2.24) is 4.98 Å². The molecule has 0 N–H and O–H groups in total. The highest BCUT2D eigenvalue weighted by molar-refractivity contribution is 14.1. The molecule has 1 aromatic heterocycles. The number of benzene rings is 1. The van der Waals surface area contributed by atoms with Crippen molar-refractivity contribution in [2.75, 3.05) is 0 Å². The molecule has 0 saturated heterocycles. The van der Waals surface area contributed by atoms with E-state index < -0.39 is 0 Å². The van der Waals surface area contributed by atoms with Gasteiger partial charge in [-0.1, -0.05) is 12.1 Å². The van der Waals surface area contributed by atoms with Gasteiger partial charge in [-0.25, -0.2) is 4.98 Å². The molecule has 86 valence electrons.